The first-order valence-corrected chi connectivity index (χ1v) is 7.84. The molecule has 1 unspecified atom stereocenters. The van der Waals surface area contributed by atoms with Crippen molar-refractivity contribution >= 4 is 0 Å². The van der Waals surface area contributed by atoms with Gasteiger partial charge in [0.15, 0.2) is 0 Å². The lowest BCUT2D eigenvalue weighted by Crippen LogP contribution is -2.35. The van der Waals surface area contributed by atoms with E-state index >= 15 is 0 Å². The number of rotatable bonds is 10. The Morgan fingerprint density at radius 3 is 2.13 bits per heavy atom. The van der Waals surface area contributed by atoms with Crippen molar-refractivity contribution in [2.24, 2.45) is 0 Å². The molecule has 0 aromatic heterocycles. The lowest BCUT2D eigenvalue weighted by atomic mass is 9.90. The minimum Gasteiger partial charge on any atom is -0.373 e. The van der Waals surface area contributed by atoms with Crippen molar-refractivity contribution in [3.63, 3.8) is 0 Å². The fourth-order valence-electron chi connectivity index (χ4n) is 2.55. The van der Waals surface area contributed by atoms with E-state index in [0.29, 0.717) is 26.2 Å². The van der Waals surface area contributed by atoms with E-state index in [4.69, 9.17) is 9.47 Å². The molecule has 0 fully saturated rings. The molecule has 0 heterocycles. The van der Waals surface area contributed by atoms with Gasteiger partial charge < -0.3 is 9.47 Å². The summed E-state index contributed by atoms with van der Waals surface area (Å²) in [6.45, 7) is 9.13. The first-order valence-electron chi connectivity index (χ1n) is 7.84. The van der Waals surface area contributed by atoms with E-state index in [2.05, 4.69) is 37.4 Å². The van der Waals surface area contributed by atoms with Gasteiger partial charge in [-0.25, -0.2) is 0 Å². The predicted molar refractivity (Wildman–Crippen MR) is 95.2 cm³/mol. The second-order valence-electron chi connectivity index (χ2n) is 5.43. The second kappa shape index (κ2) is 9.09. The largest absolute Gasteiger partial charge is 0.373 e. The Labute approximate surface area is 139 Å². The van der Waals surface area contributed by atoms with E-state index in [9.17, 15) is 0 Å². The van der Waals surface area contributed by atoms with Crippen molar-refractivity contribution in [2.75, 3.05) is 13.2 Å². The van der Waals surface area contributed by atoms with E-state index in [0.717, 1.165) is 11.1 Å². The molecule has 2 rings (SSSR count). The number of hydrogen-bond donors (Lipinski definition) is 0. The summed E-state index contributed by atoms with van der Waals surface area (Å²) in [4.78, 5) is 0. The van der Waals surface area contributed by atoms with Crippen LogP contribution in [0.2, 0.25) is 0 Å². The maximum Gasteiger partial charge on any atom is 0.120 e. The molecule has 0 saturated carbocycles. The fourth-order valence-corrected chi connectivity index (χ4v) is 2.55. The van der Waals surface area contributed by atoms with Crippen LogP contribution in [0.5, 0.6) is 0 Å². The van der Waals surface area contributed by atoms with E-state index in [-0.39, 0.29) is 0 Å². The van der Waals surface area contributed by atoms with Crippen LogP contribution >= 0.6 is 0 Å². The normalized spacial score (nSPS) is 13.2. The smallest absolute Gasteiger partial charge is 0.120 e. The first kappa shape index (κ1) is 17.2. The van der Waals surface area contributed by atoms with Gasteiger partial charge in [0.2, 0.25) is 0 Å². The molecule has 0 bridgehead atoms. The molecule has 0 aliphatic carbocycles. The average Bonchev–Trinajstić information content (AvgIpc) is 2.61. The summed E-state index contributed by atoms with van der Waals surface area (Å²) in [5.41, 5.74) is 1.71. The van der Waals surface area contributed by atoms with Gasteiger partial charge in [-0.15, -0.1) is 13.2 Å². The Bertz CT molecular complexity index is 592. The topological polar surface area (TPSA) is 18.5 Å². The Hall–Kier alpha value is -2.16. The number of benzene rings is 2. The Balaban J connectivity index is 2.14. The van der Waals surface area contributed by atoms with E-state index in [1.165, 1.54) is 0 Å². The van der Waals surface area contributed by atoms with Crippen LogP contribution in [0.25, 0.3) is 0 Å². The molecule has 120 valence electrons. The summed E-state index contributed by atoms with van der Waals surface area (Å²) in [5.74, 6) is 0. The van der Waals surface area contributed by atoms with Crippen LogP contribution in [0.4, 0.5) is 0 Å². The third-order valence-electron chi connectivity index (χ3n) is 3.70. The van der Waals surface area contributed by atoms with Crippen LogP contribution in [0, 0.1) is 0 Å². The van der Waals surface area contributed by atoms with Crippen molar-refractivity contribution in [1.29, 1.82) is 0 Å². The maximum absolute atomic E-state index is 6.13. The molecule has 0 N–H and O–H groups in total. The van der Waals surface area contributed by atoms with Crippen LogP contribution in [-0.2, 0) is 21.7 Å². The predicted octanol–water partition coefficient (Wildman–Crippen LogP) is 4.88. The highest BCUT2D eigenvalue weighted by atomic mass is 16.5. The molecule has 23 heavy (non-hydrogen) atoms. The van der Waals surface area contributed by atoms with E-state index < -0.39 is 5.60 Å². The molecule has 1 atom stereocenters. The van der Waals surface area contributed by atoms with Gasteiger partial charge in [-0.2, -0.15) is 0 Å². The zero-order valence-corrected chi connectivity index (χ0v) is 13.5. The summed E-state index contributed by atoms with van der Waals surface area (Å²) >= 11 is 0. The van der Waals surface area contributed by atoms with Gasteiger partial charge in [0.25, 0.3) is 0 Å². The minimum absolute atomic E-state index is 0.464. The highest BCUT2D eigenvalue weighted by Gasteiger charge is 2.32. The van der Waals surface area contributed by atoms with Gasteiger partial charge in [0, 0.05) is 6.42 Å². The lowest BCUT2D eigenvalue weighted by Gasteiger charge is -2.33. The fraction of sp³-hybridized carbons (Fsp3) is 0.238. The van der Waals surface area contributed by atoms with Gasteiger partial charge in [0.05, 0.1) is 19.8 Å². The Morgan fingerprint density at radius 2 is 1.52 bits per heavy atom. The molecule has 0 aliphatic heterocycles. The third kappa shape index (κ3) is 4.92. The Kier molecular flexibility index (Phi) is 6.79. The molecular formula is C21H24O2. The Morgan fingerprint density at radius 1 is 0.870 bits per heavy atom. The molecule has 2 heteroatoms. The van der Waals surface area contributed by atoms with Crippen molar-refractivity contribution in [2.45, 2.75) is 18.6 Å². The summed E-state index contributed by atoms with van der Waals surface area (Å²) in [7, 11) is 0. The van der Waals surface area contributed by atoms with Crippen molar-refractivity contribution in [3.05, 3.63) is 97.1 Å². The minimum atomic E-state index is -0.536. The molecule has 2 aromatic carbocycles. The van der Waals surface area contributed by atoms with E-state index in [1.807, 2.05) is 42.5 Å². The monoisotopic (exact) mass is 308 g/mol. The molecule has 0 saturated heterocycles. The average molecular weight is 308 g/mol. The zero-order chi connectivity index (χ0) is 16.4. The summed E-state index contributed by atoms with van der Waals surface area (Å²) in [5, 5.41) is 0. The maximum atomic E-state index is 6.13. The van der Waals surface area contributed by atoms with Crippen LogP contribution in [0.3, 0.4) is 0 Å². The van der Waals surface area contributed by atoms with Crippen LogP contribution in [0.1, 0.15) is 17.5 Å². The SMILES string of the molecule is C=CCOC(CC=C)(COCc1ccccc1)c1ccccc1. The van der Waals surface area contributed by atoms with Crippen LogP contribution in [-0.4, -0.2) is 13.2 Å². The van der Waals surface area contributed by atoms with Crippen molar-refractivity contribution in [3.8, 4) is 0 Å². The van der Waals surface area contributed by atoms with Crippen molar-refractivity contribution in [1.82, 2.24) is 0 Å². The van der Waals surface area contributed by atoms with Gasteiger partial charge in [0.1, 0.15) is 5.60 Å². The van der Waals surface area contributed by atoms with Crippen molar-refractivity contribution < 1.29 is 9.47 Å². The highest BCUT2D eigenvalue weighted by Crippen LogP contribution is 2.31. The first-order chi connectivity index (χ1) is 11.3. The molecular weight excluding hydrogens is 284 g/mol. The van der Waals surface area contributed by atoms with Crippen LogP contribution < -0.4 is 0 Å². The summed E-state index contributed by atoms with van der Waals surface area (Å²) < 4.78 is 12.1. The number of hydrogen-bond acceptors (Lipinski definition) is 2. The molecule has 2 nitrogen and oxygen atoms in total. The number of ether oxygens (including phenoxy) is 2. The molecule has 0 amide bonds. The van der Waals surface area contributed by atoms with Gasteiger partial charge in [-0.1, -0.05) is 72.8 Å². The molecule has 0 aliphatic rings. The quantitative estimate of drug-likeness (QED) is 0.583. The van der Waals surface area contributed by atoms with Gasteiger partial charge >= 0.3 is 0 Å². The zero-order valence-electron chi connectivity index (χ0n) is 13.5. The summed E-state index contributed by atoms with van der Waals surface area (Å²) in [6, 6.07) is 20.3. The van der Waals surface area contributed by atoms with Gasteiger partial charge in [-0.3, -0.25) is 0 Å². The lowest BCUT2D eigenvalue weighted by molar-refractivity contribution is -0.0964. The summed E-state index contributed by atoms with van der Waals surface area (Å²) in [6.07, 6.45) is 4.32. The molecule has 2 aromatic rings. The standard InChI is InChI=1S/C21H24O2/c1-3-15-21(23-16-4-2,20-13-9-6-10-14-20)18-22-17-19-11-7-5-8-12-19/h3-14H,1-2,15-18H2. The molecule has 0 radical (unpaired) electrons. The van der Waals surface area contributed by atoms with Crippen LogP contribution in [0.15, 0.2) is 86.0 Å². The third-order valence-corrected chi connectivity index (χ3v) is 3.70. The van der Waals surface area contributed by atoms with E-state index in [1.54, 1.807) is 6.08 Å². The van der Waals surface area contributed by atoms with Gasteiger partial charge in [-0.05, 0) is 11.1 Å². The second-order valence-corrected chi connectivity index (χ2v) is 5.43. The molecule has 0 spiro atoms. The highest BCUT2D eigenvalue weighted by molar-refractivity contribution is 5.24.